The molecule has 172 valence electrons. The number of halogens is 1. The van der Waals surface area contributed by atoms with E-state index in [1.807, 2.05) is 43.3 Å². The molecule has 4 rings (SSSR count). The third kappa shape index (κ3) is 4.88. The van der Waals surface area contributed by atoms with E-state index >= 15 is 0 Å². The summed E-state index contributed by atoms with van der Waals surface area (Å²) in [6, 6.07) is 20.9. The average molecular weight is 457 g/mol. The summed E-state index contributed by atoms with van der Waals surface area (Å²) < 4.78 is 15.0. The Bertz CT molecular complexity index is 1330. The van der Waals surface area contributed by atoms with Gasteiger partial charge in [-0.2, -0.15) is 5.10 Å². The highest BCUT2D eigenvalue weighted by Crippen LogP contribution is 2.26. The molecule has 0 spiro atoms. The summed E-state index contributed by atoms with van der Waals surface area (Å²) in [4.78, 5) is 26.9. The molecule has 7 heteroatoms. The summed E-state index contributed by atoms with van der Waals surface area (Å²) in [7, 11) is 3.31. The minimum atomic E-state index is -0.340. The summed E-state index contributed by atoms with van der Waals surface area (Å²) in [6.07, 6.45) is 1.68. The van der Waals surface area contributed by atoms with Gasteiger partial charge >= 0.3 is 0 Å². The lowest BCUT2D eigenvalue weighted by Crippen LogP contribution is -2.26. The van der Waals surface area contributed by atoms with E-state index < -0.39 is 0 Å². The molecule has 6 nitrogen and oxygen atoms in total. The topological polar surface area (TPSA) is 67.2 Å². The highest BCUT2D eigenvalue weighted by molar-refractivity contribution is 6.00. The number of aryl methyl sites for hydroxylation is 1. The van der Waals surface area contributed by atoms with E-state index in [0.29, 0.717) is 29.1 Å². The Hall–Kier alpha value is -4.26. The summed E-state index contributed by atoms with van der Waals surface area (Å²) in [5, 5.41) is 7.27. The van der Waals surface area contributed by atoms with E-state index in [0.717, 1.165) is 16.7 Å². The predicted molar refractivity (Wildman–Crippen MR) is 129 cm³/mol. The standard InChI is InChI=1S/C27H25FN4O2/c1-18-5-4-6-21(15-18)25-24(17-32(30-25)23-13-11-22(28)12-14-23)27(34)31(3)16-19-7-9-20(10-8-19)26(33)29-2/h4-15,17H,16H2,1-3H3,(H,29,33). The number of nitrogens with one attached hydrogen (secondary N) is 1. The van der Waals surface area contributed by atoms with Crippen molar-refractivity contribution in [1.29, 1.82) is 0 Å². The zero-order valence-corrected chi connectivity index (χ0v) is 19.2. The molecule has 0 saturated heterocycles. The van der Waals surface area contributed by atoms with Crippen molar-refractivity contribution < 1.29 is 14.0 Å². The van der Waals surface area contributed by atoms with Crippen LogP contribution in [-0.2, 0) is 6.54 Å². The van der Waals surface area contributed by atoms with Crippen LogP contribution in [0.5, 0.6) is 0 Å². The molecule has 0 unspecified atom stereocenters. The number of carbonyl (C=O) groups excluding carboxylic acids is 2. The van der Waals surface area contributed by atoms with Crippen molar-refractivity contribution >= 4 is 11.8 Å². The molecule has 34 heavy (non-hydrogen) atoms. The molecular formula is C27H25FN4O2. The lowest BCUT2D eigenvalue weighted by molar-refractivity contribution is 0.0785. The van der Waals surface area contributed by atoms with Crippen LogP contribution in [0, 0.1) is 12.7 Å². The summed E-state index contributed by atoms with van der Waals surface area (Å²) >= 11 is 0. The Balaban J connectivity index is 1.66. The van der Waals surface area contributed by atoms with Gasteiger partial charge in [0.05, 0.1) is 11.3 Å². The maximum absolute atomic E-state index is 13.5. The minimum absolute atomic E-state index is 0.160. The largest absolute Gasteiger partial charge is 0.355 e. The molecule has 0 bridgehead atoms. The number of rotatable bonds is 6. The fraction of sp³-hybridized carbons (Fsp3) is 0.148. The zero-order chi connectivity index (χ0) is 24.2. The number of nitrogens with zero attached hydrogens (tertiary/aromatic N) is 3. The zero-order valence-electron chi connectivity index (χ0n) is 19.2. The van der Waals surface area contributed by atoms with Gasteiger partial charge in [-0.3, -0.25) is 9.59 Å². The van der Waals surface area contributed by atoms with Crippen molar-refractivity contribution in [3.8, 4) is 16.9 Å². The molecule has 0 aliphatic rings. The van der Waals surface area contributed by atoms with Gasteiger partial charge in [0.15, 0.2) is 0 Å². The maximum atomic E-state index is 13.5. The molecule has 1 heterocycles. The smallest absolute Gasteiger partial charge is 0.257 e. The normalized spacial score (nSPS) is 10.7. The van der Waals surface area contributed by atoms with Crippen molar-refractivity contribution in [2.75, 3.05) is 14.1 Å². The van der Waals surface area contributed by atoms with Crippen LogP contribution in [0.4, 0.5) is 4.39 Å². The molecule has 0 aliphatic heterocycles. The highest BCUT2D eigenvalue weighted by atomic mass is 19.1. The molecule has 0 atom stereocenters. The lowest BCUT2D eigenvalue weighted by atomic mass is 10.0. The first-order valence-corrected chi connectivity index (χ1v) is 10.8. The summed E-state index contributed by atoms with van der Waals surface area (Å²) in [6.45, 7) is 2.35. The van der Waals surface area contributed by atoms with Crippen LogP contribution in [-0.4, -0.2) is 40.6 Å². The SMILES string of the molecule is CNC(=O)c1ccc(CN(C)C(=O)c2cn(-c3ccc(F)cc3)nc2-c2cccc(C)c2)cc1. The van der Waals surface area contributed by atoms with E-state index in [1.165, 1.54) is 12.1 Å². The van der Waals surface area contributed by atoms with Crippen LogP contribution in [0.1, 0.15) is 31.8 Å². The van der Waals surface area contributed by atoms with E-state index in [-0.39, 0.29) is 17.6 Å². The van der Waals surface area contributed by atoms with Crippen LogP contribution in [0.3, 0.4) is 0 Å². The van der Waals surface area contributed by atoms with Gasteiger partial charge in [0.2, 0.25) is 0 Å². The first-order valence-electron chi connectivity index (χ1n) is 10.8. The molecule has 0 aliphatic carbocycles. The Morgan fingerprint density at radius 1 is 1.03 bits per heavy atom. The number of benzene rings is 3. The Morgan fingerprint density at radius 3 is 2.38 bits per heavy atom. The number of hydrogen-bond acceptors (Lipinski definition) is 3. The van der Waals surface area contributed by atoms with Crippen LogP contribution >= 0.6 is 0 Å². The molecular weight excluding hydrogens is 431 g/mol. The second-order valence-electron chi connectivity index (χ2n) is 8.12. The van der Waals surface area contributed by atoms with Crippen molar-refractivity contribution in [1.82, 2.24) is 20.0 Å². The quantitative estimate of drug-likeness (QED) is 0.460. The number of amides is 2. The van der Waals surface area contributed by atoms with Crippen LogP contribution < -0.4 is 5.32 Å². The Labute approximate surface area is 197 Å². The number of aromatic nitrogens is 2. The van der Waals surface area contributed by atoms with E-state index in [1.54, 1.807) is 54.1 Å². The Kier molecular flexibility index (Phi) is 6.54. The van der Waals surface area contributed by atoms with Crippen LogP contribution in [0.15, 0.2) is 79.0 Å². The van der Waals surface area contributed by atoms with Gasteiger partial charge in [0, 0.05) is 38.0 Å². The van der Waals surface area contributed by atoms with Crippen molar-refractivity contribution in [2.45, 2.75) is 13.5 Å². The van der Waals surface area contributed by atoms with Crippen molar-refractivity contribution in [3.05, 3.63) is 107 Å². The van der Waals surface area contributed by atoms with Gasteiger partial charge < -0.3 is 10.2 Å². The average Bonchev–Trinajstić information content (AvgIpc) is 3.29. The van der Waals surface area contributed by atoms with Crippen molar-refractivity contribution in [2.24, 2.45) is 0 Å². The second-order valence-corrected chi connectivity index (χ2v) is 8.12. The summed E-state index contributed by atoms with van der Waals surface area (Å²) in [5.74, 6) is -0.694. The molecule has 2 amide bonds. The molecule has 1 aromatic heterocycles. The van der Waals surface area contributed by atoms with Gasteiger partial charge in [-0.05, 0) is 55.0 Å². The van der Waals surface area contributed by atoms with E-state index in [2.05, 4.69) is 10.4 Å². The molecule has 3 aromatic carbocycles. The van der Waals surface area contributed by atoms with Crippen LogP contribution in [0.2, 0.25) is 0 Å². The fourth-order valence-electron chi connectivity index (χ4n) is 3.72. The van der Waals surface area contributed by atoms with Gasteiger partial charge in [0.25, 0.3) is 11.8 Å². The third-order valence-electron chi connectivity index (χ3n) is 5.54. The number of carbonyl (C=O) groups is 2. The van der Waals surface area contributed by atoms with Crippen LogP contribution in [0.25, 0.3) is 16.9 Å². The molecule has 4 aromatic rings. The minimum Gasteiger partial charge on any atom is -0.355 e. The van der Waals surface area contributed by atoms with E-state index in [9.17, 15) is 14.0 Å². The lowest BCUT2D eigenvalue weighted by Gasteiger charge is -2.17. The molecule has 0 saturated carbocycles. The molecule has 1 N–H and O–H groups in total. The molecule has 0 radical (unpaired) electrons. The summed E-state index contributed by atoms with van der Waals surface area (Å²) in [5.41, 5.74) is 4.99. The first kappa shape index (κ1) is 22.9. The van der Waals surface area contributed by atoms with Gasteiger partial charge in [-0.15, -0.1) is 0 Å². The fourth-order valence-corrected chi connectivity index (χ4v) is 3.72. The number of hydrogen-bond donors (Lipinski definition) is 1. The van der Waals surface area contributed by atoms with Gasteiger partial charge in [-0.1, -0.05) is 35.9 Å². The monoisotopic (exact) mass is 456 g/mol. The van der Waals surface area contributed by atoms with Gasteiger partial charge in [0.1, 0.15) is 11.5 Å². The Morgan fingerprint density at radius 2 is 1.74 bits per heavy atom. The predicted octanol–water partition coefficient (Wildman–Crippen LogP) is 4.62. The maximum Gasteiger partial charge on any atom is 0.257 e. The van der Waals surface area contributed by atoms with E-state index in [4.69, 9.17) is 0 Å². The third-order valence-corrected chi connectivity index (χ3v) is 5.54. The first-order chi connectivity index (χ1) is 16.4. The highest BCUT2D eigenvalue weighted by Gasteiger charge is 2.22. The van der Waals surface area contributed by atoms with Crippen molar-refractivity contribution in [3.63, 3.8) is 0 Å². The second kappa shape index (κ2) is 9.70. The molecule has 0 fully saturated rings. The van der Waals surface area contributed by atoms with Gasteiger partial charge in [-0.25, -0.2) is 9.07 Å².